The molecule has 25 heavy (non-hydrogen) atoms. The molecule has 0 spiro atoms. The van der Waals surface area contributed by atoms with Gasteiger partial charge in [-0.3, -0.25) is 18.9 Å². The van der Waals surface area contributed by atoms with Crippen molar-refractivity contribution >= 4 is 24.9 Å². The van der Waals surface area contributed by atoms with Crippen molar-refractivity contribution in [3.05, 3.63) is 16.7 Å². The average molecular weight is 379 g/mol. The Morgan fingerprint density at radius 1 is 1.40 bits per heavy atom. The minimum Gasteiger partial charge on any atom is -0.387 e. The number of H-pyrrole nitrogens is 1. The minimum absolute atomic E-state index is 0.0662. The molecular formula is C10H14N5O9P. The van der Waals surface area contributed by atoms with Crippen molar-refractivity contribution in [2.75, 3.05) is 5.73 Å². The van der Waals surface area contributed by atoms with Gasteiger partial charge in [0.05, 0.1) is 6.33 Å². The molecule has 0 radical (unpaired) electrons. The molecule has 1 aliphatic rings. The summed E-state index contributed by atoms with van der Waals surface area (Å²) >= 11 is 0. The number of nitrogens with one attached hydrogen (secondary N) is 1. The van der Waals surface area contributed by atoms with Crippen LogP contribution in [0.15, 0.2) is 11.1 Å². The van der Waals surface area contributed by atoms with E-state index in [9.17, 15) is 24.7 Å². The number of imidazole rings is 1. The summed E-state index contributed by atoms with van der Waals surface area (Å²) in [7, 11) is -5.07. The molecule has 5 atom stereocenters. The fraction of sp³-hybridized carbons (Fsp3) is 0.500. The van der Waals surface area contributed by atoms with E-state index in [1.54, 1.807) is 0 Å². The monoisotopic (exact) mass is 379 g/mol. The van der Waals surface area contributed by atoms with Crippen molar-refractivity contribution in [1.29, 1.82) is 0 Å². The quantitative estimate of drug-likeness (QED) is 0.205. The van der Waals surface area contributed by atoms with Gasteiger partial charge in [-0.2, -0.15) is 4.98 Å². The SMILES string of the molecule is Nc1nc2c(ncn2[C@@H]2O[C@H](C(O)OP(=O)(O)O)[C@H](O)[C@H]2O)c(=O)[nH]1. The molecule has 0 aliphatic carbocycles. The molecule has 0 bridgehead atoms. The van der Waals surface area contributed by atoms with Crippen molar-refractivity contribution in [3.8, 4) is 0 Å². The molecule has 1 unspecified atom stereocenters. The Bertz CT molecular complexity index is 893. The summed E-state index contributed by atoms with van der Waals surface area (Å²) in [5.41, 5.74) is 4.63. The number of phosphoric acid groups is 1. The van der Waals surface area contributed by atoms with Crippen LogP contribution in [0.25, 0.3) is 11.2 Å². The van der Waals surface area contributed by atoms with E-state index in [1.165, 1.54) is 0 Å². The van der Waals surface area contributed by atoms with Gasteiger partial charge in [0.25, 0.3) is 5.56 Å². The number of nitrogen functional groups attached to an aromatic ring is 1. The second kappa shape index (κ2) is 6.12. The highest BCUT2D eigenvalue weighted by atomic mass is 31.2. The van der Waals surface area contributed by atoms with Crippen LogP contribution in [-0.4, -0.2) is 69.2 Å². The number of rotatable bonds is 4. The van der Waals surface area contributed by atoms with E-state index in [0.29, 0.717) is 0 Å². The molecule has 1 aliphatic heterocycles. The number of aromatic amines is 1. The van der Waals surface area contributed by atoms with E-state index in [-0.39, 0.29) is 17.1 Å². The minimum atomic E-state index is -5.07. The molecule has 14 nitrogen and oxygen atoms in total. The molecule has 0 saturated carbocycles. The molecule has 2 aromatic heterocycles. The molecule has 138 valence electrons. The maximum atomic E-state index is 11.8. The average Bonchev–Trinajstić information content (AvgIpc) is 3.00. The fourth-order valence-corrected chi connectivity index (χ4v) is 2.88. The number of phosphoric ester groups is 1. The number of hydrogen-bond acceptors (Lipinski definition) is 10. The topological polar surface area (TPSA) is 226 Å². The first kappa shape index (κ1) is 17.9. The molecule has 0 amide bonds. The standard InChI is InChI=1S/C10H14N5O9P/c11-10-13-6-2(7(18)14-10)12-1-15(6)8-4(17)3(16)5(23-8)9(19)24-25(20,21)22/h1,3-5,8-9,16-17,19H,(H2,20,21,22)(H3,11,13,14,18)/t3-,4-,5+,8-,9?/m1/s1. The smallest absolute Gasteiger partial charge is 0.387 e. The number of aliphatic hydroxyl groups is 3. The summed E-state index contributed by atoms with van der Waals surface area (Å²) in [6.07, 6.45) is -7.63. The van der Waals surface area contributed by atoms with Gasteiger partial charge in [0.1, 0.15) is 18.3 Å². The van der Waals surface area contributed by atoms with Gasteiger partial charge in [-0.15, -0.1) is 0 Å². The molecule has 3 heterocycles. The van der Waals surface area contributed by atoms with E-state index < -0.39 is 44.2 Å². The van der Waals surface area contributed by atoms with Crippen molar-refractivity contribution in [2.24, 2.45) is 0 Å². The summed E-state index contributed by atoms with van der Waals surface area (Å²) in [5, 5.41) is 29.7. The summed E-state index contributed by atoms with van der Waals surface area (Å²) in [4.78, 5) is 39.1. The van der Waals surface area contributed by atoms with Gasteiger partial charge in [0, 0.05) is 0 Å². The Morgan fingerprint density at radius 2 is 2.08 bits per heavy atom. The molecule has 0 aromatic carbocycles. The van der Waals surface area contributed by atoms with Gasteiger partial charge in [-0.25, -0.2) is 9.55 Å². The van der Waals surface area contributed by atoms with Crippen LogP contribution in [0.1, 0.15) is 6.23 Å². The number of hydrogen-bond donors (Lipinski definition) is 7. The number of ether oxygens (including phenoxy) is 1. The zero-order valence-electron chi connectivity index (χ0n) is 12.2. The van der Waals surface area contributed by atoms with Crippen molar-refractivity contribution < 1.29 is 38.9 Å². The maximum Gasteiger partial charge on any atom is 0.472 e. The number of fused-ring (bicyclic) bond motifs is 1. The van der Waals surface area contributed by atoms with E-state index in [2.05, 4.69) is 19.5 Å². The number of aliphatic hydroxyl groups excluding tert-OH is 3. The Morgan fingerprint density at radius 3 is 2.72 bits per heavy atom. The Balaban J connectivity index is 1.94. The first-order chi connectivity index (χ1) is 11.6. The van der Waals surface area contributed by atoms with Crippen LogP contribution in [0.2, 0.25) is 0 Å². The van der Waals surface area contributed by atoms with E-state index in [1.807, 2.05) is 0 Å². The van der Waals surface area contributed by atoms with Crippen molar-refractivity contribution in [3.63, 3.8) is 0 Å². The molecule has 3 rings (SSSR count). The third-order valence-corrected chi connectivity index (χ3v) is 4.02. The van der Waals surface area contributed by atoms with Crippen molar-refractivity contribution in [2.45, 2.75) is 30.8 Å². The van der Waals surface area contributed by atoms with Crippen LogP contribution in [0.5, 0.6) is 0 Å². The third kappa shape index (κ3) is 3.29. The molecular weight excluding hydrogens is 365 g/mol. The number of nitrogens with zero attached hydrogens (tertiary/aromatic N) is 3. The van der Waals surface area contributed by atoms with Crippen molar-refractivity contribution in [1.82, 2.24) is 19.5 Å². The zero-order valence-corrected chi connectivity index (χ0v) is 13.1. The highest BCUT2D eigenvalue weighted by Gasteiger charge is 2.49. The Hall–Kier alpha value is -1.90. The lowest BCUT2D eigenvalue weighted by atomic mass is 10.1. The second-order valence-electron chi connectivity index (χ2n) is 5.23. The second-order valence-corrected chi connectivity index (χ2v) is 6.43. The summed E-state index contributed by atoms with van der Waals surface area (Å²) in [6, 6.07) is 0. The Kier molecular flexibility index (Phi) is 4.38. The van der Waals surface area contributed by atoms with Gasteiger partial charge >= 0.3 is 7.82 Å². The lowest BCUT2D eigenvalue weighted by Crippen LogP contribution is -2.39. The van der Waals surface area contributed by atoms with Crippen LogP contribution in [-0.2, 0) is 13.8 Å². The zero-order chi connectivity index (χ0) is 18.5. The molecule has 8 N–H and O–H groups in total. The lowest BCUT2D eigenvalue weighted by molar-refractivity contribution is -0.161. The van der Waals surface area contributed by atoms with Crippen LogP contribution in [0, 0.1) is 0 Å². The molecule has 1 fully saturated rings. The summed E-state index contributed by atoms with van der Waals surface area (Å²) in [5.74, 6) is -0.228. The van der Waals surface area contributed by atoms with Crippen LogP contribution < -0.4 is 11.3 Å². The van der Waals surface area contributed by atoms with Gasteiger partial charge < -0.3 is 35.6 Å². The number of aromatic nitrogens is 4. The van der Waals surface area contributed by atoms with E-state index in [4.69, 9.17) is 20.3 Å². The predicted octanol–water partition coefficient (Wildman–Crippen LogP) is -3.25. The summed E-state index contributed by atoms with van der Waals surface area (Å²) < 4.78 is 21.1. The molecule has 15 heteroatoms. The van der Waals surface area contributed by atoms with E-state index in [0.717, 1.165) is 10.9 Å². The van der Waals surface area contributed by atoms with Crippen LogP contribution in [0.3, 0.4) is 0 Å². The highest BCUT2D eigenvalue weighted by molar-refractivity contribution is 7.46. The largest absolute Gasteiger partial charge is 0.472 e. The van der Waals surface area contributed by atoms with Gasteiger partial charge in [-0.1, -0.05) is 0 Å². The molecule has 2 aromatic rings. The number of anilines is 1. The first-order valence-electron chi connectivity index (χ1n) is 6.74. The van der Waals surface area contributed by atoms with E-state index >= 15 is 0 Å². The van der Waals surface area contributed by atoms with Gasteiger partial charge in [0.15, 0.2) is 23.7 Å². The van der Waals surface area contributed by atoms with Crippen LogP contribution in [0.4, 0.5) is 5.95 Å². The molecule has 1 saturated heterocycles. The maximum absolute atomic E-state index is 11.8. The predicted molar refractivity (Wildman–Crippen MR) is 77.6 cm³/mol. The lowest BCUT2D eigenvalue weighted by Gasteiger charge is -2.21. The third-order valence-electron chi connectivity index (χ3n) is 3.53. The van der Waals surface area contributed by atoms with Gasteiger partial charge in [-0.05, 0) is 0 Å². The van der Waals surface area contributed by atoms with Crippen LogP contribution >= 0.6 is 7.82 Å². The fourth-order valence-electron chi connectivity index (χ4n) is 2.48. The first-order valence-corrected chi connectivity index (χ1v) is 8.27. The normalized spacial score (nSPS) is 28.5. The number of nitrogens with two attached hydrogens (primary N) is 1. The highest BCUT2D eigenvalue weighted by Crippen LogP contribution is 2.41. The van der Waals surface area contributed by atoms with Gasteiger partial charge in [0.2, 0.25) is 5.95 Å². The summed E-state index contributed by atoms with van der Waals surface area (Å²) in [6.45, 7) is 0. The Labute approximate surface area is 137 Å².